The highest BCUT2D eigenvalue weighted by Gasteiger charge is 2.31. The fourth-order valence-electron chi connectivity index (χ4n) is 3.56. The van der Waals surface area contributed by atoms with E-state index in [0.717, 1.165) is 24.8 Å². The predicted octanol–water partition coefficient (Wildman–Crippen LogP) is 3.71. The largest absolute Gasteiger partial charge is 0.382 e. The van der Waals surface area contributed by atoms with Gasteiger partial charge in [0, 0.05) is 17.6 Å². The van der Waals surface area contributed by atoms with Crippen LogP contribution in [0.25, 0.3) is 11.0 Å². The number of hydrogen-bond acceptors (Lipinski definition) is 4. The van der Waals surface area contributed by atoms with E-state index in [-0.39, 0.29) is 23.5 Å². The Morgan fingerprint density at radius 3 is 2.69 bits per heavy atom. The molecule has 2 heterocycles. The third-order valence-corrected chi connectivity index (χ3v) is 5.03. The third kappa shape index (κ3) is 3.22. The Labute approximate surface area is 156 Å². The molecular weight excluding hydrogens is 348 g/mol. The van der Waals surface area contributed by atoms with Gasteiger partial charge in [0.2, 0.25) is 0 Å². The van der Waals surface area contributed by atoms with E-state index in [9.17, 15) is 4.79 Å². The van der Waals surface area contributed by atoms with Crippen molar-refractivity contribution in [3.8, 4) is 0 Å². The van der Waals surface area contributed by atoms with E-state index >= 15 is 0 Å². The van der Waals surface area contributed by atoms with Crippen LogP contribution in [0.15, 0.2) is 48.5 Å². The second-order valence-electron chi connectivity index (χ2n) is 6.57. The summed E-state index contributed by atoms with van der Waals surface area (Å²) >= 11 is 6.09. The first-order valence-electron chi connectivity index (χ1n) is 8.69. The van der Waals surface area contributed by atoms with E-state index in [1.807, 2.05) is 53.4 Å². The summed E-state index contributed by atoms with van der Waals surface area (Å²) in [5.74, 6) is 0.0346. The molecule has 1 atom stereocenters. The van der Waals surface area contributed by atoms with E-state index in [2.05, 4.69) is 9.97 Å². The van der Waals surface area contributed by atoms with Gasteiger partial charge in [-0.1, -0.05) is 35.9 Å². The number of carbonyl (C=O) groups is 1. The minimum atomic E-state index is -0.148. The molecule has 1 unspecified atom stereocenters. The molecule has 1 aromatic heterocycles. The average Bonchev–Trinajstić information content (AvgIpc) is 3.08. The molecule has 3 aromatic rings. The molecule has 4 rings (SSSR count). The Morgan fingerprint density at radius 1 is 1.15 bits per heavy atom. The molecule has 2 aromatic carbocycles. The molecule has 1 aliphatic heterocycles. The lowest BCUT2D eigenvalue weighted by Crippen LogP contribution is -2.37. The summed E-state index contributed by atoms with van der Waals surface area (Å²) < 4.78 is 0. The Balaban J connectivity index is 1.61. The molecule has 6 heteroatoms. The van der Waals surface area contributed by atoms with Gasteiger partial charge in [-0.3, -0.25) is 4.79 Å². The molecule has 0 radical (unpaired) electrons. The van der Waals surface area contributed by atoms with Gasteiger partial charge in [0.15, 0.2) is 11.5 Å². The van der Waals surface area contributed by atoms with E-state index in [4.69, 9.17) is 17.3 Å². The van der Waals surface area contributed by atoms with Crippen molar-refractivity contribution in [2.45, 2.75) is 25.3 Å². The van der Waals surface area contributed by atoms with Crippen LogP contribution in [0.5, 0.6) is 0 Å². The average molecular weight is 367 g/mol. The van der Waals surface area contributed by atoms with Gasteiger partial charge >= 0.3 is 0 Å². The summed E-state index contributed by atoms with van der Waals surface area (Å²) in [5.41, 5.74) is 8.77. The molecule has 0 bridgehead atoms. The van der Waals surface area contributed by atoms with Crippen LogP contribution in [-0.2, 0) is 6.42 Å². The number of nitrogens with zero attached hydrogens (tertiary/aromatic N) is 3. The first-order valence-corrected chi connectivity index (χ1v) is 9.07. The number of likely N-dealkylation sites (tertiary alicyclic amines) is 1. The molecule has 0 aliphatic carbocycles. The number of rotatable bonds is 3. The molecule has 2 N–H and O–H groups in total. The van der Waals surface area contributed by atoms with Crippen LogP contribution in [0, 0.1) is 0 Å². The van der Waals surface area contributed by atoms with E-state index in [1.165, 1.54) is 0 Å². The smallest absolute Gasteiger partial charge is 0.276 e. The zero-order chi connectivity index (χ0) is 18.1. The monoisotopic (exact) mass is 366 g/mol. The molecule has 1 aliphatic rings. The Kier molecular flexibility index (Phi) is 4.47. The van der Waals surface area contributed by atoms with E-state index in [0.29, 0.717) is 22.6 Å². The lowest BCUT2D eigenvalue weighted by atomic mass is 10.0. The third-order valence-electron chi connectivity index (χ3n) is 4.80. The van der Waals surface area contributed by atoms with Crippen molar-refractivity contribution < 1.29 is 4.79 Å². The number of para-hydroxylation sites is 2. The van der Waals surface area contributed by atoms with Gasteiger partial charge in [0.1, 0.15) is 0 Å². The summed E-state index contributed by atoms with van der Waals surface area (Å²) in [6.07, 6.45) is 2.70. The zero-order valence-electron chi connectivity index (χ0n) is 14.2. The second kappa shape index (κ2) is 6.92. The molecule has 1 fully saturated rings. The highest BCUT2D eigenvalue weighted by atomic mass is 35.5. The molecule has 26 heavy (non-hydrogen) atoms. The number of nitrogens with two attached hydrogens (primary N) is 1. The Hall–Kier alpha value is -2.66. The van der Waals surface area contributed by atoms with Gasteiger partial charge in [-0.2, -0.15) is 0 Å². The molecule has 1 amide bonds. The lowest BCUT2D eigenvalue weighted by Gasteiger charge is -2.25. The van der Waals surface area contributed by atoms with Gasteiger partial charge in [0.05, 0.1) is 11.0 Å². The number of anilines is 1. The van der Waals surface area contributed by atoms with Crippen molar-refractivity contribution in [2.24, 2.45) is 0 Å². The van der Waals surface area contributed by atoms with E-state index in [1.54, 1.807) is 0 Å². The first kappa shape index (κ1) is 16.8. The highest BCUT2D eigenvalue weighted by Crippen LogP contribution is 2.25. The van der Waals surface area contributed by atoms with Gasteiger partial charge < -0.3 is 10.6 Å². The first-order chi connectivity index (χ1) is 12.6. The molecule has 0 spiro atoms. The van der Waals surface area contributed by atoms with Crippen molar-refractivity contribution in [1.82, 2.24) is 14.9 Å². The summed E-state index contributed by atoms with van der Waals surface area (Å²) in [6, 6.07) is 15.3. The zero-order valence-corrected chi connectivity index (χ0v) is 15.0. The van der Waals surface area contributed by atoms with Crippen LogP contribution >= 0.6 is 11.6 Å². The normalized spacial score (nSPS) is 17.0. The van der Waals surface area contributed by atoms with Gasteiger partial charge in [0.25, 0.3) is 5.91 Å². The number of benzene rings is 2. The fraction of sp³-hybridized carbons (Fsp3) is 0.250. The topological polar surface area (TPSA) is 72.1 Å². The second-order valence-corrected chi connectivity index (χ2v) is 7.01. The number of carbonyl (C=O) groups excluding carboxylic acids is 1. The maximum atomic E-state index is 13.1. The number of aromatic nitrogens is 2. The van der Waals surface area contributed by atoms with Gasteiger partial charge in [-0.15, -0.1) is 0 Å². The molecule has 1 saturated heterocycles. The van der Waals surface area contributed by atoms with Crippen LogP contribution < -0.4 is 5.73 Å². The van der Waals surface area contributed by atoms with Crippen molar-refractivity contribution in [3.05, 3.63) is 64.8 Å². The lowest BCUT2D eigenvalue weighted by molar-refractivity contribution is 0.0732. The minimum absolute atomic E-state index is 0.119. The van der Waals surface area contributed by atoms with Crippen LogP contribution in [0.3, 0.4) is 0 Å². The van der Waals surface area contributed by atoms with Crippen molar-refractivity contribution in [3.63, 3.8) is 0 Å². The van der Waals surface area contributed by atoms with Crippen LogP contribution in [-0.4, -0.2) is 33.4 Å². The van der Waals surface area contributed by atoms with Crippen molar-refractivity contribution in [2.75, 3.05) is 12.3 Å². The summed E-state index contributed by atoms with van der Waals surface area (Å²) in [4.78, 5) is 23.8. The molecule has 5 nitrogen and oxygen atoms in total. The quantitative estimate of drug-likeness (QED) is 0.766. The molecular formula is C20H19ClN4O. The number of hydrogen-bond donors (Lipinski definition) is 1. The van der Waals surface area contributed by atoms with Gasteiger partial charge in [-0.05, 0) is 49.1 Å². The Bertz CT molecular complexity index is 975. The number of halogens is 1. The van der Waals surface area contributed by atoms with Crippen LogP contribution in [0.4, 0.5) is 5.82 Å². The van der Waals surface area contributed by atoms with Crippen LogP contribution in [0.2, 0.25) is 5.02 Å². The maximum absolute atomic E-state index is 13.1. The standard InChI is InChI=1S/C20H19ClN4O/c21-14-6-3-5-13(11-14)12-15-7-4-10-25(15)20(26)18-19(22)24-17-9-2-1-8-16(17)23-18/h1-3,5-6,8-9,11,15H,4,7,10,12H2,(H2,22,24). The SMILES string of the molecule is Nc1nc2ccccc2nc1C(=O)N1CCCC1Cc1cccc(Cl)c1. The minimum Gasteiger partial charge on any atom is -0.382 e. The number of fused-ring (bicyclic) bond motifs is 1. The predicted molar refractivity (Wildman–Crippen MR) is 103 cm³/mol. The molecule has 132 valence electrons. The fourth-order valence-corrected chi connectivity index (χ4v) is 3.77. The Morgan fingerprint density at radius 2 is 1.92 bits per heavy atom. The summed E-state index contributed by atoms with van der Waals surface area (Å²) in [5, 5.41) is 0.711. The number of nitrogen functional groups attached to an aromatic ring is 1. The number of amides is 1. The van der Waals surface area contributed by atoms with Crippen LogP contribution in [0.1, 0.15) is 28.9 Å². The van der Waals surface area contributed by atoms with Crippen molar-refractivity contribution >= 4 is 34.4 Å². The summed E-state index contributed by atoms with van der Waals surface area (Å²) in [7, 11) is 0. The maximum Gasteiger partial charge on any atom is 0.276 e. The highest BCUT2D eigenvalue weighted by molar-refractivity contribution is 6.30. The molecule has 0 saturated carbocycles. The van der Waals surface area contributed by atoms with Gasteiger partial charge in [-0.25, -0.2) is 9.97 Å². The summed E-state index contributed by atoms with van der Waals surface area (Å²) in [6.45, 7) is 0.706. The van der Waals surface area contributed by atoms with E-state index < -0.39 is 0 Å². The van der Waals surface area contributed by atoms with Crippen molar-refractivity contribution in [1.29, 1.82) is 0 Å².